The maximum atomic E-state index is 12.9. The third kappa shape index (κ3) is 8.38. The Bertz CT molecular complexity index is 726. The van der Waals surface area contributed by atoms with Crippen molar-refractivity contribution >= 4 is 17.8 Å². The Kier molecular flexibility index (Phi) is 9.25. The van der Waals surface area contributed by atoms with Crippen LogP contribution in [0, 0.1) is 11.8 Å². The number of phenolic OH excluding ortho intramolecular Hbond substituents is 1. The van der Waals surface area contributed by atoms with Gasteiger partial charge >= 0.3 is 5.97 Å². The second-order valence-electron chi connectivity index (χ2n) is 8.62. The highest BCUT2D eigenvalue weighted by atomic mass is 16.6. The molecule has 0 aliphatic carbocycles. The summed E-state index contributed by atoms with van der Waals surface area (Å²) in [5, 5.41) is 31.0. The van der Waals surface area contributed by atoms with E-state index in [4.69, 9.17) is 9.94 Å². The van der Waals surface area contributed by atoms with Gasteiger partial charge in [0.05, 0.1) is 5.92 Å². The van der Waals surface area contributed by atoms with Gasteiger partial charge in [0.15, 0.2) is 0 Å². The van der Waals surface area contributed by atoms with E-state index in [0.29, 0.717) is 5.56 Å². The molecule has 0 fully saturated rings. The molecule has 9 heteroatoms. The molecule has 0 radical (unpaired) electrons. The molecule has 1 rings (SSSR count). The van der Waals surface area contributed by atoms with Crippen LogP contribution >= 0.6 is 0 Å². The van der Waals surface area contributed by atoms with E-state index >= 15 is 0 Å². The first-order valence-corrected chi connectivity index (χ1v) is 9.77. The van der Waals surface area contributed by atoms with E-state index in [1.54, 1.807) is 32.9 Å². The summed E-state index contributed by atoms with van der Waals surface area (Å²) in [6.45, 7) is 8.71. The monoisotopic (exact) mass is 424 g/mol. The number of phenols is 1. The van der Waals surface area contributed by atoms with Crippen LogP contribution in [0.25, 0.3) is 0 Å². The number of benzene rings is 1. The summed E-state index contributed by atoms with van der Waals surface area (Å²) in [4.78, 5) is 37.3. The Morgan fingerprint density at radius 3 is 2.10 bits per heavy atom. The lowest BCUT2D eigenvalue weighted by molar-refractivity contribution is -0.159. The molecule has 0 aromatic heterocycles. The number of carbonyl (C=O) groups is 3. The summed E-state index contributed by atoms with van der Waals surface area (Å²) < 4.78 is 5.40. The van der Waals surface area contributed by atoms with E-state index < -0.39 is 41.4 Å². The number of aromatic hydroxyl groups is 1. The van der Waals surface area contributed by atoms with Gasteiger partial charge in [-0.25, -0.2) is 10.3 Å². The van der Waals surface area contributed by atoms with Crippen LogP contribution < -0.4 is 10.8 Å². The van der Waals surface area contributed by atoms with Crippen molar-refractivity contribution in [2.75, 3.05) is 0 Å². The number of nitrogens with one attached hydrogen (secondary N) is 2. The molecule has 0 saturated carbocycles. The van der Waals surface area contributed by atoms with Gasteiger partial charge in [0, 0.05) is 6.42 Å². The highest BCUT2D eigenvalue weighted by Crippen LogP contribution is 2.19. The normalized spacial score (nSPS) is 14.5. The predicted molar refractivity (Wildman–Crippen MR) is 108 cm³/mol. The van der Waals surface area contributed by atoms with Crippen molar-refractivity contribution < 1.29 is 34.5 Å². The number of hydrogen-bond donors (Lipinski definition) is 5. The largest absolute Gasteiger partial charge is 0.508 e. The van der Waals surface area contributed by atoms with Crippen LogP contribution in [0.1, 0.15) is 46.6 Å². The quantitative estimate of drug-likeness (QED) is 0.228. The molecule has 30 heavy (non-hydrogen) atoms. The number of hydrogen-bond acceptors (Lipinski definition) is 7. The van der Waals surface area contributed by atoms with Crippen molar-refractivity contribution in [3.05, 3.63) is 29.8 Å². The van der Waals surface area contributed by atoms with Crippen molar-refractivity contribution in [3.63, 3.8) is 0 Å². The minimum atomic E-state index is -1.79. The summed E-state index contributed by atoms with van der Waals surface area (Å²) in [7, 11) is 0. The third-order valence-corrected chi connectivity index (χ3v) is 4.21. The Labute approximate surface area is 176 Å². The van der Waals surface area contributed by atoms with E-state index in [2.05, 4.69) is 5.32 Å². The van der Waals surface area contributed by atoms with Crippen molar-refractivity contribution in [2.24, 2.45) is 11.8 Å². The number of hydroxylamine groups is 1. The minimum absolute atomic E-state index is 0.0426. The van der Waals surface area contributed by atoms with Crippen LogP contribution in [0.3, 0.4) is 0 Å². The predicted octanol–water partition coefficient (Wildman–Crippen LogP) is 1.29. The summed E-state index contributed by atoms with van der Waals surface area (Å²) >= 11 is 0. The lowest BCUT2D eigenvalue weighted by atomic mass is 9.90. The van der Waals surface area contributed by atoms with Crippen LogP contribution in [0.2, 0.25) is 0 Å². The average Bonchev–Trinajstić information content (AvgIpc) is 2.64. The van der Waals surface area contributed by atoms with Crippen LogP contribution in [0.4, 0.5) is 0 Å². The van der Waals surface area contributed by atoms with E-state index in [1.165, 1.54) is 17.6 Å². The number of amides is 2. The van der Waals surface area contributed by atoms with Gasteiger partial charge in [-0.1, -0.05) is 26.0 Å². The molecular weight excluding hydrogens is 392 g/mol. The molecule has 1 aromatic rings. The fraction of sp³-hybridized carbons (Fsp3) is 0.571. The lowest BCUT2D eigenvalue weighted by Gasteiger charge is -2.27. The zero-order chi connectivity index (χ0) is 23.1. The molecular formula is C21H32N2O7. The van der Waals surface area contributed by atoms with Gasteiger partial charge in [-0.3, -0.25) is 14.8 Å². The van der Waals surface area contributed by atoms with Gasteiger partial charge in [0.1, 0.15) is 23.5 Å². The number of carbonyl (C=O) groups excluding carboxylic acids is 3. The Balaban J connectivity index is 3.11. The number of rotatable bonds is 9. The molecule has 9 nitrogen and oxygen atoms in total. The smallest absolute Gasteiger partial charge is 0.329 e. The Morgan fingerprint density at radius 1 is 1.07 bits per heavy atom. The molecule has 0 bridgehead atoms. The molecule has 3 atom stereocenters. The summed E-state index contributed by atoms with van der Waals surface area (Å²) in [6, 6.07) is 5.05. The van der Waals surface area contributed by atoms with Crippen LogP contribution in [-0.4, -0.2) is 51.0 Å². The molecule has 0 unspecified atom stereocenters. The van der Waals surface area contributed by atoms with Gasteiger partial charge in [0.25, 0.3) is 5.91 Å². The maximum Gasteiger partial charge on any atom is 0.329 e. The number of aliphatic hydroxyl groups excluding tert-OH is 1. The first-order chi connectivity index (χ1) is 13.8. The SMILES string of the molecule is CC(C)C[C@@H](C(=O)N[C@@H](Cc1ccc(O)cc1)C(=O)OC(C)(C)C)[C@H](O)C(=O)NO. The molecule has 1 aromatic carbocycles. The number of esters is 1. The maximum absolute atomic E-state index is 12.9. The molecule has 0 saturated heterocycles. The van der Waals surface area contributed by atoms with Crippen LogP contribution in [0.5, 0.6) is 5.75 Å². The fourth-order valence-electron chi connectivity index (χ4n) is 2.85. The van der Waals surface area contributed by atoms with Crippen molar-refractivity contribution in [1.29, 1.82) is 0 Å². The fourth-order valence-corrected chi connectivity index (χ4v) is 2.85. The first-order valence-electron chi connectivity index (χ1n) is 9.77. The topological polar surface area (TPSA) is 145 Å². The molecule has 2 amide bonds. The number of ether oxygens (including phenoxy) is 1. The van der Waals surface area contributed by atoms with Gasteiger partial charge in [0.2, 0.25) is 5.91 Å². The summed E-state index contributed by atoms with van der Waals surface area (Å²) in [5.41, 5.74) is 1.22. The van der Waals surface area contributed by atoms with Gasteiger partial charge in [-0.15, -0.1) is 0 Å². The average molecular weight is 424 g/mol. The molecule has 0 aliphatic rings. The minimum Gasteiger partial charge on any atom is -0.508 e. The highest BCUT2D eigenvalue weighted by molar-refractivity contribution is 5.91. The zero-order valence-electron chi connectivity index (χ0n) is 18.0. The van der Waals surface area contributed by atoms with E-state index in [0.717, 1.165) is 0 Å². The van der Waals surface area contributed by atoms with Gasteiger partial charge in [-0.05, 0) is 50.8 Å². The van der Waals surface area contributed by atoms with E-state index in [1.807, 2.05) is 13.8 Å². The van der Waals surface area contributed by atoms with Crippen molar-refractivity contribution in [1.82, 2.24) is 10.8 Å². The van der Waals surface area contributed by atoms with E-state index in [-0.39, 0.29) is 24.5 Å². The molecule has 0 spiro atoms. The molecule has 0 aliphatic heterocycles. The Hall–Kier alpha value is -2.65. The van der Waals surface area contributed by atoms with E-state index in [9.17, 15) is 24.6 Å². The molecule has 5 N–H and O–H groups in total. The standard InChI is InChI=1S/C21H32N2O7/c1-12(2)10-15(17(25)19(27)23-29)18(26)22-16(20(28)30-21(3,4)5)11-13-6-8-14(24)9-7-13/h6-9,12,15-17,24-25,29H,10-11H2,1-5H3,(H,22,26)(H,23,27)/t15-,16+,17+/m1/s1. The first kappa shape index (κ1) is 25.4. The van der Waals surface area contributed by atoms with Gasteiger partial charge < -0.3 is 20.3 Å². The highest BCUT2D eigenvalue weighted by Gasteiger charge is 2.35. The third-order valence-electron chi connectivity index (χ3n) is 4.21. The molecule has 168 valence electrons. The summed E-state index contributed by atoms with van der Waals surface area (Å²) in [6.07, 6.45) is -1.55. The van der Waals surface area contributed by atoms with Crippen LogP contribution in [-0.2, 0) is 25.5 Å². The second-order valence-corrected chi connectivity index (χ2v) is 8.62. The summed E-state index contributed by atoms with van der Waals surface area (Å²) in [5.74, 6) is -3.65. The Morgan fingerprint density at radius 2 is 1.63 bits per heavy atom. The van der Waals surface area contributed by atoms with Crippen LogP contribution in [0.15, 0.2) is 24.3 Å². The lowest BCUT2D eigenvalue weighted by Crippen LogP contribution is -2.51. The zero-order valence-corrected chi connectivity index (χ0v) is 18.0. The number of aliphatic hydroxyl groups is 1. The van der Waals surface area contributed by atoms with Crippen molar-refractivity contribution in [3.8, 4) is 5.75 Å². The van der Waals surface area contributed by atoms with Gasteiger partial charge in [-0.2, -0.15) is 0 Å². The molecule has 0 heterocycles. The van der Waals surface area contributed by atoms with Crippen molar-refractivity contribution in [2.45, 2.75) is 65.2 Å². The second kappa shape index (κ2) is 10.9.